The Hall–Kier alpha value is -1.30. The zero-order valence-electron chi connectivity index (χ0n) is 10.7. The van der Waals surface area contributed by atoms with Crippen molar-refractivity contribution in [2.45, 2.75) is 41.0 Å². The number of nitrogens with zero attached hydrogens (tertiary/aromatic N) is 1. The van der Waals surface area contributed by atoms with Gasteiger partial charge in [-0.1, -0.05) is 40.7 Å². The number of carboxylic acids is 1. The van der Waals surface area contributed by atoms with E-state index >= 15 is 0 Å². The van der Waals surface area contributed by atoms with E-state index in [-0.39, 0.29) is 11.3 Å². The van der Waals surface area contributed by atoms with Gasteiger partial charge in [-0.2, -0.15) is 5.26 Å². The monoisotopic (exact) mass is 223 g/mol. The molecule has 0 spiro atoms. The Labute approximate surface area is 97.8 Å². The molecular weight excluding hydrogens is 202 g/mol. The van der Waals surface area contributed by atoms with E-state index in [0.717, 1.165) is 5.57 Å². The van der Waals surface area contributed by atoms with E-state index in [1.165, 1.54) is 0 Å². The number of rotatable bonds is 5. The predicted octanol–water partition coefficient (Wildman–Crippen LogP) is 3.23. The lowest BCUT2D eigenvalue weighted by Crippen LogP contribution is -2.28. The summed E-state index contributed by atoms with van der Waals surface area (Å²) in [5, 5.41) is 17.9. The fraction of sp³-hybridized carbons (Fsp3) is 0.692. The summed E-state index contributed by atoms with van der Waals surface area (Å²) in [6, 6.07) is 2.16. The molecule has 0 aliphatic heterocycles. The van der Waals surface area contributed by atoms with Crippen molar-refractivity contribution in [1.82, 2.24) is 0 Å². The minimum Gasteiger partial charge on any atom is -0.481 e. The van der Waals surface area contributed by atoms with E-state index in [9.17, 15) is 4.79 Å². The normalized spacial score (nSPS) is 14.7. The quantitative estimate of drug-likeness (QED) is 0.728. The maximum atomic E-state index is 10.9. The lowest BCUT2D eigenvalue weighted by Gasteiger charge is -2.27. The van der Waals surface area contributed by atoms with Gasteiger partial charge < -0.3 is 5.11 Å². The average molecular weight is 223 g/mol. The summed E-state index contributed by atoms with van der Waals surface area (Å²) in [6.45, 7) is 9.46. The summed E-state index contributed by atoms with van der Waals surface area (Å²) in [7, 11) is 0. The lowest BCUT2D eigenvalue weighted by molar-refractivity contribution is -0.144. The summed E-state index contributed by atoms with van der Waals surface area (Å²) < 4.78 is 0. The first-order valence-electron chi connectivity index (χ1n) is 5.55. The maximum absolute atomic E-state index is 10.9. The highest BCUT2D eigenvalue weighted by Gasteiger charge is 2.30. The van der Waals surface area contributed by atoms with Gasteiger partial charge in [0.15, 0.2) is 0 Å². The molecule has 0 saturated carbocycles. The van der Waals surface area contributed by atoms with E-state index in [2.05, 4.69) is 6.07 Å². The van der Waals surface area contributed by atoms with Gasteiger partial charge in [-0.05, 0) is 17.8 Å². The Morgan fingerprint density at radius 1 is 1.44 bits per heavy atom. The van der Waals surface area contributed by atoms with Crippen LogP contribution >= 0.6 is 0 Å². The summed E-state index contributed by atoms with van der Waals surface area (Å²) in [4.78, 5) is 10.9. The second kappa shape index (κ2) is 5.69. The van der Waals surface area contributed by atoms with E-state index < -0.39 is 11.9 Å². The fourth-order valence-corrected chi connectivity index (χ4v) is 1.29. The highest BCUT2D eigenvalue weighted by molar-refractivity contribution is 5.70. The smallest absolute Gasteiger partial charge is 0.306 e. The molecule has 3 nitrogen and oxygen atoms in total. The van der Waals surface area contributed by atoms with Gasteiger partial charge in [0, 0.05) is 5.57 Å². The zero-order chi connectivity index (χ0) is 12.9. The van der Waals surface area contributed by atoms with Gasteiger partial charge in [0.1, 0.15) is 0 Å². The van der Waals surface area contributed by atoms with Crippen molar-refractivity contribution in [3.8, 4) is 6.07 Å². The van der Waals surface area contributed by atoms with Gasteiger partial charge in [-0.15, -0.1) is 0 Å². The molecule has 0 bridgehead atoms. The first-order chi connectivity index (χ1) is 7.22. The van der Waals surface area contributed by atoms with Gasteiger partial charge in [0.25, 0.3) is 0 Å². The fourth-order valence-electron chi connectivity index (χ4n) is 1.29. The molecule has 0 aliphatic carbocycles. The first-order valence-corrected chi connectivity index (χ1v) is 5.55. The Balaban J connectivity index is 4.73. The lowest BCUT2D eigenvalue weighted by atomic mass is 9.76. The third-order valence-electron chi connectivity index (χ3n) is 3.14. The Morgan fingerprint density at radius 3 is 2.25 bits per heavy atom. The van der Waals surface area contributed by atoms with E-state index in [4.69, 9.17) is 10.4 Å². The van der Waals surface area contributed by atoms with E-state index in [1.807, 2.05) is 33.8 Å². The van der Waals surface area contributed by atoms with Gasteiger partial charge >= 0.3 is 5.97 Å². The molecule has 1 N–H and O–H groups in total. The van der Waals surface area contributed by atoms with Gasteiger partial charge in [-0.3, -0.25) is 4.79 Å². The number of aliphatic carboxylic acids is 1. The zero-order valence-corrected chi connectivity index (χ0v) is 10.7. The molecule has 1 atom stereocenters. The van der Waals surface area contributed by atoms with Crippen LogP contribution in [0.2, 0.25) is 0 Å². The molecule has 0 amide bonds. The minimum atomic E-state index is -0.790. The number of hydrogen-bond donors (Lipinski definition) is 1. The van der Waals surface area contributed by atoms with Crippen LogP contribution in [0.15, 0.2) is 11.6 Å². The van der Waals surface area contributed by atoms with Crippen molar-refractivity contribution < 1.29 is 9.90 Å². The molecule has 0 rings (SSSR count). The van der Waals surface area contributed by atoms with Gasteiger partial charge in [-0.25, -0.2) is 0 Å². The van der Waals surface area contributed by atoms with Crippen LogP contribution in [-0.2, 0) is 4.79 Å². The molecule has 90 valence electrons. The number of carbonyl (C=O) groups is 1. The summed E-state index contributed by atoms with van der Waals surface area (Å²) in [6.07, 6.45) is 2.48. The summed E-state index contributed by atoms with van der Waals surface area (Å²) in [5.41, 5.74) is 0.397. The van der Waals surface area contributed by atoms with Crippen LogP contribution in [0, 0.1) is 28.6 Å². The van der Waals surface area contributed by atoms with Gasteiger partial charge in [0.05, 0.1) is 12.0 Å². The standard InChI is InChI=1S/C13H21NO2/c1-9(2)11(8-14)6-7-13(4,5)10(3)12(15)16/h6,9-10H,7H2,1-5H3,(H,15,16)/b11-6-. The van der Waals surface area contributed by atoms with Crippen LogP contribution in [0.25, 0.3) is 0 Å². The highest BCUT2D eigenvalue weighted by atomic mass is 16.4. The largest absolute Gasteiger partial charge is 0.481 e. The second-order valence-corrected chi connectivity index (χ2v) is 5.18. The van der Waals surface area contributed by atoms with Crippen LogP contribution in [0.1, 0.15) is 41.0 Å². The highest BCUT2D eigenvalue weighted by Crippen LogP contribution is 2.32. The summed E-state index contributed by atoms with van der Waals surface area (Å²) in [5.74, 6) is -1.02. The van der Waals surface area contributed by atoms with Gasteiger partial charge in [0.2, 0.25) is 0 Å². The number of allylic oxidation sites excluding steroid dienone is 2. The van der Waals surface area contributed by atoms with Crippen molar-refractivity contribution in [3.63, 3.8) is 0 Å². The van der Waals surface area contributed by atoms with Crippen molar-refractivity contribution >= 4 is 5.97 Å². The predicted molar refractivity (Wildman–Crippen MR) is 63.7 cm³/mol. The van der Waals surface area contributed by atoms with Crippen molar-refractivity contribution in [1.29, 1.82) is 5.26 Å². The number of carboxylic acid groups (broad SMARTS) is 1. The van der Waals surface area contributed by atoms with E-state index in [1.54, 1.807) is 6.92 Å². The molecule has 0 aliphatic rings. The van der Waals surface area contributed by atoms with Crippen LogP contribution < -0.4 is 0 Å². The molecule has 0 fully saturated rings. The molecule has 16 heavy (non-hydrogen) atoms. The Morgan fingerprint density at radius 2 is 1.94 bits per heavy atom. The topological polar surface area (TPSA) is 61.1 Å². The van der Waals surface area contributed by atoms with Crippen LogP contribution in [0.5, 0.6) is 0 Å². The molecule has 0 heterocycles. The minimum absolute atomic E-state index is 0.195. The molecule has 3 heteroatoms. The molecule has 0 aromatic carbocycles. The van der Waals surface area contributed by atoms with Crippen molar-refractivity contribution in [2.24, 2.45) is 17.3 Å². The van der Waals surface area contributed by atoms with Crippen LogP contribution in [0.4, 0.5) is 0 Å². The first kappa shape index (κ1) is 14.7. The molecule has 0 aromatic heterocycles. The molecular formula is C13H21NO2. The van der Waals surface area contributed by atoms with E-state index in [0.29, 0.717) is 6.42 Å². The molecule has 0 saturated heterocycles. The average Bonchev–Trinajstić information content (AvgIpc) is 2.16. The number of hydrogen-bond acceptors (Lipinski definition) is 2. The molecule has 0 radical (unpaired) electrons. The summed E-state index contributed by atoms with van der Waals surface area (Å²) >= 11 is 0. The Bertz CT molecular complexity index is 321. The third kappa shape index (κ3) is 4.06. The number of nitriles is 1. The van der Waals surface area contributed by atoms with Crippen LogP contribution in [0.3, 0.4) is 0 Å². The maximum Gasteiger partial charge on any atom is 0.306 e. The SMILES string of the molecule is CC(C)/C(C#N)=C\CC(C)(C)C(C)C(=O)O. The molecule has 1 unspecified atom stereocenters. The van der Waals surface area contributed by atoms with Crippen molar-refractivity contribution in [3.05, 3.63) is 11.6 Å². The van der Waals surface area contributed by atoms with Crippen molar-refractivity contribution in [2.75, 3.05) is 0 Å². The second-order valence-electron chi connectivity index (χ2n) is 5.18. The molecule has 0 aromatic rings. The van der Waals surface area contributed by atoms with Crippen LogP contribution in [-0.4, -0.2) is 11.1 Å². The third-order valence-corrected chi connectivity index (χ3v) is 3.14. The Kier molecular flexibility index (Phi) is 5.23.